The topological polar surface area (TPSA) is 98.4 Å². The van der Waals surface area contributed by atoms with E-state index in [-0.39, 0.29) is 24.4 Å². The predicted octanol–water partition coefficient (Wildman–Crippen LogP) is 2.47. The molecule has 170 valence electrons. The molecule has 0 unspecified atom stereocenters. The van der Waals surface area contributed by atoms with Crippen LogP contribution in [-0.4, -0.2) is 51.5 Å². The Hall–Kier alpha value is -3.62. The van der Waals surface area contributed by atoms with Gasteiger partial charge in [-0.2, -0.15) is 0 Å². The largest absolute Gasteiger partial charge is 0.493 e. The average molecular weight is 441 g/mol. The quantitative estimate of drug-likeness (QED) is 0.685. The van der Waals surface area contributed by atoms with Crippen LogP contribution in [-0.2, 0) is 11.3 Å². The number of ether oxygens (including phenoxy) is 4. The molecule has 0 radical (unpaired) electrons. The molecular formula is C23H27N3O6. The van der Waals surface area contributed by atoms with E-state index in [4.69, 9.17) is 18.9 Å². The Labute approximate surface area is 186 Å². The maximum absolute atomic E-state index is 12.5. The summed E-state index contributed by atoms with van der Waals surface area (Å²) in [4.78, 5) is 26.6. The first-order valence-electron chi connectivity index (χ1n) is 10.6. The summed E-state index contributed by atoms with van der Waals surface area (Å²) in [5.41, 5.74) is 1.61. The minimum Gasteiger partial charge on any atom is -0.493 e. The van der Waals surface area contributed by atoms with Gasteiger partial charge < -0.3 is 34.5 Å². The number of carbonyl (C=O) groups excluding carboxylic acids is 2. The van der Waals surface area contributed by atoms with Crippen molar-refractivity contribution in [3.05, 3.63) is 42.0 Å². The van der Waals surface area contributed by atoms with Crippen LogP contribution in [0.4, 0.5) is 10.5 Å². The van der Waals surface area contributed by atoms with Crippen LogP contribution in [0.1, 0.15) is 18.9 Å². The molecule has 9 nitrogen and oxygen atoms in total. The second kappa shape index (κ2) is 9.67. The van der Waals surface area contributed by atoms with E-state index in [1.165, 1.54) is 0 Å². The smallest absolute Gasteiger partial charge is 0.315 e. The lowest BCUT2D eigenvalue weighted by Crippen LogP contribution is -2.43. The number of methoxy groups -OCH3 is 1. The van der Waals surface area contributed by atoms with Gasteiger partial charge in [0.2, 0.25) is 5.91 Å². The molecule has 2 heterocycles. The van der Waals surface area contributed by atoms with Crippen molar-refractivity contribution in [1.82, 2.24) is 10.6 Å². The number of carbonyl (C=O) groups is 2. The van der Waals surface area contributed by atoms with Crippen LogP contribution in [0.3, 0.4) is 0 Å². The van der Waals surface area contributed by atoms with Crippen molar-refractivity contribution in [3.8, 4) is 23.0 Å². The molecule has 2 aliphatic rings. The normalized spacial score (nSPS) is 17.1. The molecule has 2 N–H and O–H groups in total. The van der Waals surface area contributed by atoms with Gasteiger partial charge in [0.25, 0.3) is 0 Å². The Morgan fingerprint density at radius 3 is 2.72 bits per heavy atom. The number of nitrogens with one attached hydrogen (secondary N) is 2. The average Bonchev–Trinajstić information content (AvgIpc) is 3.17. The van der Waals surface area contributed by atoms with Crippen LogP contribution in [0.5, 0.6) is 23.0 Å². The number of amides is 3. The molecule has 2 aliphatic heterocycles. The highest BCUT2D eigenvalue weighted by Crippen LogP contribution is 2.35. The van der Waals surface area contributed by atoms with Crippen LogP contribution >= 0.6 is 0 Å². The van der Waals surface area contributed by atoms with Crippen LogP contribution in [0, 0.1) is 0 Å². The standard InChI is InChI=1S/C23H27N3O6/c1-3-30-20-10-15(4-6-18(20)29-2)13-24-23(28)25-16-11-22(27)26(14-16)17-5-7-19-21(12-17)32-9-8-31-19/h4-7,10,12,16H,3,8-9,11,13-14H2,1-2H3,(H2,24,25,28)/t16-/m1/s1. The monoisotopic (exact) mass is 441 g/mol. The lowest BCUT2D eigenvalue weighted by molar-refractivity contribution is -0.117. The molecule has 0 aliphatic carbocycles. The summed E-state index contributed by atoms with van der Waals surface area (Å²) in [6.45, 7) is 4.12. The van der Waals surface area contributed by atoms with Crippen LogP contribution in [0.25, 0.3) is 0 Å². The summed E-state index contributed by atoms with van der Waals surface area (Å²) in [7, 11) is 1.58. The molecule has 0 bridgehead atoms. The summed E-state index contributed by atoms with van der Waals surface area (Å²) in [5.74, 6) is 2.52. The van der Waals surface area contributed by atoms with Gasteiger partial charge in [-0.05, 0) is 36.8 Å². The third kappa shape index (κ3) is 4.82. The Kier molecular flexibility index (Phi) is 6.53. The van der Waals surface area contributed by atoms with Gasteiger partial charge in [0, 0.05) is 31.3 Å². The number of nitrogens with zero attached hydrogens (tertiary/aromatic N) is 1. The summed E-state index contributed by atoms with van der Waals surface area (Å²) in [5, 5.41) is 5.71. The maximum Gasteiger partial charge on any atom is 0.315 e. The van der Waals surface area contributed by atoms with E-state index in [0.29, 0.717) is 55.9 Å². The summed E-state index contributed by atoms with van der Waals surface area (Å²) < 4.78 is 22.0. The molecule has 0 spiro atoms. The fraction of sp³-hybridized carbons (Fsp3) is 0.391. The van der Waals surface area contributed by atoms with Crippen molar-refractivity contribution < 1.29 is 28.5 Å². The van der Waals surface area contributed by atoms with E-state index in [9.17, 15) is 9.59 Å². The SMILES string of the molecule is CCOc1cc(CNC(=O)N[C@@H]2CC(=O)N(c3ccc4c(c3)OCCO4)C2)ccc1OC. The Bertz CT molecular complexity index is 996. The second-order valence-electron chi connectivity index (χ2n) is 7.48. The molecule has 1 saturated heterocycles. The molecular weight excluding hydrogens is 414 g/mol. The summed E-state index contributed by atoms with van der Waals surface area (Å²) in [6, 6.07) is 10.3. The highest BCUT2D eigenvalue weighted by Gasteiger charge is 2.32. The minimum absolute atomic E-state index is 0.0523. The Morgan fingerprint density at radius 1 is 1.12 bits per heavy atom. The van der Waals surface area contributed by atoms with Crippen LogP contribution in [0.15, 0.2) is 36.4 Å². The molecule has 3 amide bonds. The molecule has 2 aromatic carbocycles. The van der Waals surface area contributed by atoms with Crippen LogP contribution in [0.2, 0.25) is 0 Å². The number of benzene rings is 2. The number of fused-ring (bicyclic) bond motifs is 1. The van der Waals surface area contributed by atoms with Gasteiger partial charge in [-0.25, -0.2) is 4.79 Å². The molecule has 1 atom stereocenters. The van der Waals surface area contributed by atoms with E-state index in [0.717, 1.165) is 11.3 Å². The zero-order valence-electron chi connectivity index (χ0n) is 18.2. The van der Waals surface area contributed by atoms with Gasteiger partial charge in [-0.3, -0.25) is 4.79 Å². The zero-order valence-corrected chi connectivity index (χ0v) is 18.2. The minimum atomic E-state index is -0.333. The molecule has 1 fully saturated rings. The van der Waals surface area contributed by atoms with Crippen LogP contribution < -0.4 is 34.5 Å². The van der Waals surface area contributed by atoms with Gasteiger partial charge in [-0.15, -0.1) is 0 Å². The highest BCUT2D eigenvalue weighted by molar-refractivity contribution is 5.97. The molecule has 0 saturated carbocycles. The third-order valence-electron chi connectivity index (χ3n) is 5.28. The summed E-state index contributed by atoms with van der Waals surface area (Å²) >= 11 is 0. The number of anilines is 1. The number of urea groups is 1. The zero-order chi connectivity index (χ0) is 22.5. The molecule has 0 aromatic heterocycles. The van der Waals surface area contributed by atoms with Gasteiger partial charge in [0.15, 0.2) is 23.0 Å². The van der Waals surface area contributed by atoms with Crippen molar-refractivity contribution in [2.24, 2.45) is 0 Å². The van der Waals surface area contributed by atoms with Gasteiger partial charge >= 0.3 is 6.03 Å². The van der Waals surface area contributed by atoms with Crippen molar-refractivity contribution >= 4 is 17.6 Å². The molecule has 4 rings (SSSR count). The van der Waals surface area contributed by atoms with E-state index in [1.807, 2.05) is 25.1 Å². The van der Waals surface area contributed by atoms with E-state index in [1.54, 1.807) is 30.2 Å². The van der Waals surface area contributed by atoms with Crippen molar-refractivity contribution in [2.75, 3.05) is 38.4 Å². The molecule has 9 heteroatoms. The predicted molar refractivity (Wildman–Crippen MR) is 118 cm³/mol. The summed E-state index contributed by atoms with van der Waals surface area (Å²) in [6.07, 6.45) is 0.235. The Morgan fingerprint density at radius 2 is 1.94 bits per heavy atom. The van der Waals surface area contributed by atoms with Crippen molar-refractivity contribution in [3.63, 3.8) is 0 Å². The number of hydrogen-bond donors (Lipinski definition) is 2. The molecule has 32 heavy (non-hydrogen) atoms. The molecule has 2 aromatic rings. The van der Waals surface area contributed by atoms with E-state index in [2.05, 4.69) is 10.6 Å². The number of hydrogen-bond acceptors (Lipinski definition) is 6. The van der Waals surface area contributed by atoms with E-state index >= 15 is 0 Å². The second-order valence-corrected chi connectivity index (χ2v) is 7.48. The van der Waals surface area contributed by atoms with Gasteiger partial charge in [0.05, 0.1) is 19.8 Å². The van der Waals surface area contributed by atoms with E-state index < -0.39 is 0 Å². The lowest BCUT2D eigenvalue weighted by Gasteiger charge is -2.22. The van der Waals surface area contributed by atoms with Gasteiger partial charge in [-0.1, -0.05) is 6.07 Å². The first-order chi connectivity index (χ1) is 15.6. The highest BCUT2D eigenvalue weighted by atomic mass is 16.6. The fourth-order valence-corrected chi connectivity index (χ4v) is 3.77. The van der Waals surface area contributed by atoms with Crippen molar-refractivity contribution in [1.29, 1.82) is 0 Å². The number of rotatable bonds is 7. The fourth-order valence-electron chi connectivity index (χ4n) is 3.77. The van der Waals surface area contributed by atoms with Crippen molar-refractivity contribution in [2.45, 2.75) is 25.9 Å². The Balaban J connectivity index is 1.32. The first-order valence-corrected chi connectivity index (χ1v) is 10.6. The first kappa shape index (κ1) is 21.6. The lowest BCUT2D eigenvalue weighted by atomic mass is 10.2. The van der Waals surface area contributed by atoms with Gasteiger partial charge in [0.1, 0.15) is 13.2 Å². The maximum atomic E-state index is 12.5. The third-order valence-corrected chi connectivity index (χ3v) is 5.28.